The number of amides is 2. The molecule has 2 amide bonds. The van der Waals surface area contributed by atoms with Gasteiger partial charge in [0.25, 0.3) is 10.5 Å². The Balaban J connectivity index is 0. The van der Waals surface area contributed by atoms with Crippen LogP contribution in [0, 0.1) is 0 Å². The maximum absolute atomic E-state index is 11.5. The molecule has 24 heavy (non-hydrogen) atoms. The third kappa shape index (κ3) is 23.9. The van der Waals surface area contributed by atoms with E-state index in [1.54, 1.807) is 0 Å². The molecule has 0 bridgehead atoms. The summed E-state index contributed by atoms with van der Waals surface area (Å²) in [6.45, 7) is 6.26. The van der Waals surface area contributed by atoms with Crippen molar-refractivity contribution in [2.24, 2.45) is 5.73 Å². The number of nitrogens with zero attached hydrogens (tertiary/aromatic N) is 1. The third-order valence-corrected chi connectivity index (χ3v) is 4.12. The molecule has 0 radical (unpaired) electrons. The van der Waals surface area contributed by atoms with Crippen LogP contribution in [0.2, 0.25) is 0 Å². The highest BCUT2D eigenvalue weighted by Gasteiger charge is 2.08. The lowest BCUT2D eigenvalue weighted by Crippen LogP contribution is -2.28. The Morgan fingerprint density at radius 2 is 1.00 bits per heavy atom. The van der Waals surface area contributed by atoms with Gasteiger partial charge in [-0.05, 0) is 12.8 Å². The number of carbonyl (C=O) groups is 2. The van der Waals surface area contributed by atoms with Crippen molar-refractivity contribution in [3.63, 3.8) is 0 Å². The lowest BCUT2D eigenvalue weighted by molar-refractivity contribution is 0.220. The first-order valence-corrected chi connectivity index (χ1v) is 10.3. The topological polar surface area (TPSA) is 63.4 Å². The van der Waals surface area contributed by atoms with Gasteiger partial charge in [0.2, 0.25) is 0 Å². The second-order valence-corrected chi connectivity index (χ2v) is 6.97. The van der Waals surface area contributed by atoms with Crippen LogP contribution in [-0.2, 0) is 0 Å². The van der Waals surface area contributed by atoms with Gasteiger partial charge in [-0.25, -0.2) is 0 Å². The zero-order valence-electron chi connectivity index (χ0n) is 15.6. The Kier molecular flexibility index (Phi) is 22.3. The summed E-state index contributed by atoms with van der Waals surface area (Å²) in [5.41, 5.74) is 4.34. The maximum Gasteiger partial charge on any atom is 0.278 e. The average Bonchev–Trinajstić information content (AvgIpc) is 2.51. The van der Waals surface area contributed by atoms with Crippen LogP contribution in [0.15, 0.2) is 0 Å². The molecular weight excluding hydrogens is 340 g/mol. The highest BCUT2D eigenvalue weighted by molar-refractivity contribution is 7.96. The number of carbonyl (C=O) groups excluding carboxylic acids is 2. The fourth-order valence-electron chi connectivity index (χ4n) is 2.47. The number of primary amides is 1. The molecule has 0 aliphatic rings. The molecule has 0 heterocycles. The quantitative estimate of drug-likeness (QED) is 0.254. The molecule has 0 aliphatic carbocycles. The molecule has 0 saturated carbocycles. The van der Waals surface area contributed by atoms with Crippen molar-refractivity contribution in [2.45, 2.75) is 90.9 Å². The Labute approximate surface area is 160 Å². The zero-order chi connectivity index (χ0) is 18.6. The summed E-state index contributed by atoms with van der Waals surface area (Å²) in [5.74, 6) is 0. The number of hydrogen-bond acceptors (Lipinski definition) is 2. The van der Waals surface area contributed by atoms with E-state index in [1.165, 1.54) is 64.2 Å². The number of unbranched alkanes of at least 4 members (excludes halogenated alkanes) is 10. The van der Waals surface area contributed by atoms with E-state index >= 15 is 0 Å². The van der Waals surface area contributed by atoms with E-state index in [2.05, 4.69) is 44.8 Å². The second kappa shape index (κ2) is 20.7. The molecule has 0 aromatic rings. The monoisotopic (exact) mass is 378 g/mol. The van der Waals surface area contributed by atoms with Crippen molar-refractivity contribution in [1.29, 1.82) is 0 Å². The SMILES string of the molecule is CCCCCCCCN(CCCCCCCC)C(=O)S.NC(=O)S. The minimum atomic E-state index is -0.639. The van der Waals surface area contributed by atoms with Crippen LogP contribution in [0.5, 0.6) is 0 Å². The lowest BCUT2D eigenvalue weighted by Gasteiger charge is -2.20. The van der Waals surface area contributed by atoms with Gasteiger partial charge in [-0.3, -0.25) is 9.59 Å². The van der Waals surface area contributed by atoms with Crippen molar-refractivity contribution < 1.29 is 9.59 Å². The summed E-state index contributed by atoms with van der Waals surface area (Å²) in [6, 6.07) is 0. The van der Waals surface area contributed by atoms with Crippen molar-refractivity contribution in [3.05, 3.63) is 0 Å². The Hall–Kier alpha value is -0.360. The molecule has 0 rings (SSSR count). The summed E-state index contributed by atoms with van der Waals surface area (Å²) in [4.78, 5) is 22.5. The molecule has 0 aromatic heterocycles. The van der Waals surface area contributed by atoms with E-state index in [1.807, 2.05) is 4.90 Å². The van der Waals surface area contributed by atoms with Crippen molar-refractivity contribution >= 4 is 35.7 Å². The number of rotatable bonds is 14. The minimum absolute atomic E-state index is 0.0490. The smallest absolute Gasteiger partial charge is 0.278 e. The number of nitrogens with two attached hydrogens (primary N) is 1. The lowest BCUT2D eigenvalue weighted by atomic mass is 10.1. The molecule has 0 aliphatic heterocycles. The van der Waals surface area contributed by atoms with Crippen LogP contribution in [0.25, 0.3) is 0 Å². The van der Waals surface area contributed by atoms with Gasteiger partial charge in [0.1, 0.15) is 0 Å². The summed E-state index contributed by atoms with van der Waals surface area (Å²) >= 11 is 7.10. The predicted octanol–water partition coefficient (Wildman–Crippen LogP) is 6.05. The molecule has 0 spiro atoms. The van der Waals surface area contributed by atoms with Gasteiger partial charge in [0.15, 0.2) is 0 Å². The van der Waals surface area contributed by atoms with Gasteiger partial charge in [0.05, 0.1) is 0 Å². The molecule has 144 valence electrons. The molecule has 0 atom stereocenters. The first-order valence-electron chi connectivity index (χ1n) is 9.41. The summed E-state index contributed by atoms with van der Waals surface area (Å²) < 4.78 is 0. The van der Waals surface area contributed by atoms with Crippen molar-refractivity contribution in [3.8, 4) is 0 Å². The van der Waals surface area contributed by atoms with Gasteiger partial charge >= 0.3 is 0 Å². The minimum Gasteiger partial charge on any atom is -0.361 e. The normalized spacial score (nSPS) is 10.0. The average molecular weight is 379 g/mol. The van der Waals surface area contributed by atoms with Gasteiger partial charge < -0.3 is 10.6 Å². The van der Waals surface area contributed by atoms with E-state index in [9.17, 15) is 4.79 Å². The van der Waals surface area contributed by atoms with E-state index in [4.69, 9.17) is 4.79 Å². The van der Waals surface area contributed by atoms with Crippen LogP contribution < -0.4 is 5.73 Å². The van der Waals surface area contributed by atoms with Crippen molar-refractivity contribution in [1.82, 2.24) is 4.90 Å². The van der Waals surface area contributed by atoms with E-state index in [-0.39, 0.29) is 5.24 Å². The molecule has 0 unspecified atom stereocenters. The van der Waals surface area contributed by atoms with Crippen LogP contribution in [0.4, 0.5) is 9.59 Å². The fraction of sp³-hybridized carbons (Fsp3) is 0.889. The van der Waals surface area contributed by atoms with Crippen LogP contribution in [0.1, 0.15) is 90.9 Å². The fourth-order valence-corrected chi connectivity index (χ4v) is 2.67. The first kappa shape index (κ1) is 25.9. The Morgan fingerprint density at radius 3 is 1.29 bits per heavy atom. The van der Waals surface area contributed by atoms with Gasteiger partial charge in [-0.15, -0.1) is 0 Å². The largest absolute Gasteiger partial charge is 0.361 e. The highest BCUT2D eigenvalue weighted by Crippen LogP contribution is 2.10. The molecule has 0 aromatic carbocycles. The predicted molar refractivity (Wildman–Crippen MR) is 111 cm³/mol. The van der Waals surface area contributed by atoms with Crippen LogP contribution in [0.3, 0.4) is 0 Å². The standard InChI is InChI=1S/C17H35NOS.CH3NOS/c1-3-5-7-9-11-13-15-18(17(19)20)16-14-12-10-8-6-4-2;2-1(3)4/h3-16H2,1-2H3,(H,19,20);(H3,2,3,4). The summed E-state index contributed by atoms with van der Waals surface area (Å²) in [5, 5.41) is -0.688. The second-order valence-electron chi connectivity index (χ2n) is 6.14. The molecule has 0 fully saturated rings. The maximum atomic E-state index is 11.5. The Morgan fingerprint density at radius 1 is 0.708 bits per heavy atom. The first-order chi connectivity index (χ1) is 11.5. The van der Waals surface area contributed by atoms with Gasteiger partial charge in [-0.1, -0.05) is 103 Å². The van der Waals surface area contributed by atoms with E-state index in [0.717, 1.165) is 25.9 Å². The highest BCUT2D eigenvalue weighted by atomic mass is 32.1. The zero-order valence-corrected chi connectivity index (χ0v) is 17.4. The van der Waals surface area contributed by atoms with Crippen LogP contribution in [-0.4, -0.2) is 28.5 Å². The summed E-state index contributed by atoms with van der Waals surface area (Å²) in [6.07, 6.45) is 15.3. The van der Waals surface area contributed by atoms with E-state index < -0.39 is 5.24 Å². The summed E-state index contributed by atoms with van der Waals surface area (Å²) in [7, 11) is 0. The molecule has 2 N–H and O–H groups in total. The number of thiol groups is 2. The molecule has 6 heteroatoms. The molecular formula is C18H38N2O2S2. The molecule has 4 nitrogen and oxygen atoms in total. The van der Waals surface area contributed by atoms with Gasteiger partial charge in [-0.2, -0.15) is 0 Å². The molecule has 0 saturated heterocycles. The van der Waals surface area contributed by atoms with Crippen LogP contribution >= 0.6 is 25.3 Å². The van der Waals surface area contributed by atoms with Crippen molar-refractivity contribution in [2.75, 3.05) is 13.1 Å². The number of hydrogen-bond donors (Lipinski definition) is 3. The van der Waals surface area contributed by atoms with E-state index in [0.29, 0.717) is 0 Å². The van der Waals surface area contributed by atoms with Gasteiger partial charge in [0, 0.05) is 13.1 Å². The third-order valence-electron chi connectivity index (χ3n) is 3.83. The Bertz CT molecular complexity index is 283.